The number of phosphoric ester groups is 1. The molecule has 186 valence electrons. The van der Waals surface area contributed by atoms with Gasteiger partial charge in [-0.3, -0.25) is 4.52 Å². The Balaban J connectivity index is 1.64. The van der Waals surface area contributed by atoms with Gasteiger partial charge in [-0.15, -0.1) is 0 Å². The van der Waals surface area contributed by atoms with Gasteiger partial charge < -0.3 is 24.9 Å². The van der Waals surface area contributed by atoms with Gasteiger partial charge in [-0.1, -0.05) is 26.8 Å². The molecular formula is C24H38NO7P. The monoisotopic (exact) mass is 483 g/mol. The Labute approximate surface area is 196 Å². The third kappa shape index (κ3) is 7.19. The van der Waals surface area contributed by atoms with E-state index in [0.717, 1.165) is 36.5 Å². The van der Waals surface area contributed by atoms with Crippen LogP contribution >= 0.6 is 7.82 Å². The Kier molecular flexibility index (Phi) is 7.84. The maximum absolute atomic E-state index is 11.4. The second kappa shape index (κ2) is 9.95. The maximum Gasteiger partial charge on any atom is 0.469 e. The van der Waals surface area contributed by atoms with Crippen molar-refractivity contribution in [1.82, 2.24) is 5.32 Å². The average molecular weight is 484 g/mol. The fourth-order valence-electron chi connectivity index (χ4n) is 5.31. The van der Waals surface area contributed by atoms with Crippen molar-refractivity contribution in [2.45, 2.75) is 84.3 Å². The molecule has 0 radical (unpaired) electrons. The van der Waals surface area contributed by atoms with Crippen molar-refractivity contribution in [3.8, 4) is 5.75 Å². The number of carbonyl (C=O) groups is 1. The van der Waals surface area contributed by atoms with Crippen LogP contribution in [0.3, 0.4) is 0 Å². The van der Waals surface area contributed by atoms with Crippen molar-refractivity contribution >= 4 is 13.9 Å². The van der Waals surface area contributed by atoms with Gasteiger partial charge in [0.1, 0.15) is 5.75 Å². The van der Waals surface area contributed by atoms with Crippen molar-refractivity contribution in [3.05, 3.63) is 29.3 Å². The summed E-state index contributed by atoms with van der Waals surface area (Å²) in [4.78, 5) is 29.5. The maximum atomic E-state index is 11.4. The Morgan fingerprint density at radius 1 is 1.06 bits per heavy atom. The molecule has 0 heterocycles. The molecule has 33 heavy (non-hydrogen) atoms. The number of carboxylic acid groups (broad SMARTS) is 1. The Morgan fingerprint density at radius 3 is 2.30 bits per heavy atom. The minimum absolute atomic E-state index is 0.160. The zero-order valence-corrected chi connectivity index (χ0v) is 20.9. The molecule has 0 aliphatic heterocycles. The first-order valence-corrected chi connectivity index (χ1v) is 13.3. The van der Waals surface area contributed by atoms with E-state index in [4.69, 9.17) is 14.5 Å². The number of ether oxygens (including phenoxy) is 1. The minimum Gasteiger partial charge on any atom is -0.490 e. The SMILES string of the molecule is CC(C)(C)C1CCC(Oc2ccc3c(c2)CC[C@@H]([C@](C)(COP(=O)(O)O)NC(=O)O)C3)CC1. The molecule has 4 N–H and O–H groups in total. The van der Waals surface area contributed by atoms with E-state index < -0.39 is 26.1 Å². The van der Waals surface area contributed by atoms with E-state index in [1.165, 1.54) is 18.4 Å². The summed E-state index contributed by atoms with van der Waals surface area (Å²) in [6.45, 7) is 8.17. The summed E-state index contributed by atoms with van der Waals surface area (Å²) in [6, 6.07) is 6.10. The molecule has 1 aromatic carbocycles. The lowest BCUT2D eigenvalue weighted by Crippen LogP contribution is -2.55. The van der Waals surface area contributed by atoms with E-state index in [1.807, 2.05) is 12.1 Å². The fraction of sp³-hybridized carbons (Fsp3) is 0.708. The number of amides is 1. The van der Waals surface area contributed by atoms with Crippen LogP contribution in [0, 0.1) is 17.3 Å². The van der Waals surface area contributed by atoms with E-state index >= 15 is 0 Å². The highest BCUT2D eigenvalue weighted by Crippen LogP contribution is 2.41. The highest BCUT2D eigenvalue weighted by molar-refractivity contribution is 7.46. The summed E-state index contributed by atoms with van der Waals surface area (Å²) >= 11 is 0. The number of fused-ring (bicyclic) bond motifs is 1. The van der Waals surface area contributed by atoms with Gasteiger partial charge in [0.2, 0.25) is 0 Å². The molecule has 0 saturated heterocycles. The average Bonchev–Trinajstić information content (AvgIpc) is 2.71. The molecule has 0 bridgehead atoms. The number of phosphoric acid groups is 1. The van der Waals surface area contributed by atoms with Crippen LogP contribution in [0.15, 0.2) is 18.2 Å². The highest BCUT2D eigenvalue weighted by atomic mass is 31.2. The van der Waals surface area contributed by atoms with Crippen LogP contribution in [0.5, 0.6) is 5.75 Å². The number of hydrogen-bond acceptors (Lipinski definition) is 4. The van der Waals surface area contributed by atoms with Gasteiger partial charge in [-0.25, -0.2) is 9.36 Å². The number of benzene rings is 1. The van der Waals surface area contributed by atoms with Crippen LogP contribution in [0.4, 0.5) is 4.79 Å². The topological polar surface area (TPSA) is 125 Å². The quantitative estimate of drug-likeness (QED) is 0.406. The van der Waals surface area contributed by atoms with Gasteiger partial charge in [0, 0.05) is 0 Å². The second-order valence-electron chi connectivity index (χ2n) is 10.9. The molecular weight excluding hydrogens is 445 g/mol. The lowest BCUT2D eigenvalue weighted by atomic mass is 9.72. The Morgan fingerprint density at radius 2 is 1.73 bits per heavy atom. The molecule has 2 atom stereocenters. The summed E-state index contributed by atoms with van der Waals surface area (Å²) in [6.07, 6.45) is 5.51. The van der Waals surface area contributed by atoms with E-state index in [2.05, 4.69) is 36.7 Å². The van der Waals surface area contributed by atoms with Crippen LogP contribution in [0.2, 0.25) is 0 Å². The van der Waals surface area contributed by atoms with Gasteiger partial charge in [-0.05, 0) is 92.4 Å². The van der Waals surface area contributed by atoms with Crippen LogP contribution in [0.25, 0.3) is 0 Å². The van der Waals surface area contributed by atoms with Crippen molar-refractivity contribution < 1.29 is 33.5 Å². The molecule has 1 amide bonds. The lowest BCUT2D eigenvalue weighted by Gasteiger charge is -2.40. The molecule has 0 aromatic heterocycles. The summed E-state index contributed by atoms with van der Waals surface area (Å²) in [5.74, 6) is 1.45. The molecule has 0 unspecified atom stereocenters. The van der Waals surface area contributed by atoms with Gasteiger partial charge >= 0.3 is 13.9 Å². The van der Waals surface area contributed by atoms with E-state index in [-0.39, 0.29) is 12.0 Å². The van der Waals surface area contributed by atoms with Crippen molar-refractivity contribution in [3.63, 3.8) is 0 Å². The molecule has 8 nitrogen and oxygen atoms in total. The standard InChI is InChI=1S/C24H38NO7P/c1-23(2,3)18-8-11-20(12-9-18)32-21-10-6-16-13-19(7-5-17(16)14-21)24(4,25-22(26)27)15-31-33(28,29)30/h6,10,14,18-20,25H,5,7-9,11-13,15H2,1-4H3,(H,26,27)(H2,28,29,30)/t18?,19-,20?,24+/m1/s1. The molecule has 1 fully saturated rings. The molecule has 2 aliphatic rings. The third-order valence-electron chi connectivity index (χ3n) is 7.43. The first kappa shape index (κ1) is 26.0. The van der Waals surface area contributed by atoms with Gasteiger partial charge in [0.05, 0.1) is 18.2 Å². The number of aryl methyl sites for hydroxylation is 1. The summed E-state index contributed by atoms with van der Waals surface area (Å²) < 4.78 is 22.2. The van der Waals surface area contributed by atoms with Crippen molar-refractivity contribution in [2.24, 2.45) is 17.3 Å². The second-order valence-corrected chi connectivity index (χ2v) is 12.2. The summed E-state index contributed by atoms with van der Waals surface area (Å²) in [5, 5.41) is 11.7. The first-order valence-electron chi connectivity index (χ1n) is 11.7. The Hall–Kier alpha value is -1.60. The predicted molar refractivity (Wildman–Crippen MR) is 125 cm³/mol. The van der Waals surface area contributed by atoms with Gasteiger partial charge in [-0.2, -0.15) is 0 Å². The molecule has 9 heteroatoms. The van der Waals surface area contributed by atoms with Crippen molar-refractivity contribution in [1.29, 1.82) is 0 Å². The van der Waals surface area contributed by atoms with Crippen LogP contribution in [-0.4, -0.2) is 39.2 Å². The molecule has 1 saturated carbocycles. The molecule has 3 rings (SSSR count). The van der Waals surface area contributed by atoms with Crippen LogP contribution in [-0.2, 0) is 21.9 Å². The van der Waals surface area contributed by atoms with E-state index in [1.54, 1.807) is 6.92 Å². The fourth-order valence-corrected chi connectivity index (χ4v) is 5.74. The number of nitrogens with one attached hydrogen (secondary N) is 1. The molecule has 0 spiro atoms. The highest BCUT2D eigenvalue weighted by Gasteiger charge is 2.40. The first-order chi connectivity index (χ1) is 15.2. The normalized spacial score (nSPS) is 25.6. The van der Waals surface area contributed by atoms with E-state index in [9.17, 15) is 14.5 Å². The van der Waals surface area contributed by atoms with Crippen LogP contribution in [0.1, 0.15) is 70.9 Å². The summed E-state index contributed by atoms with van der Waals surface area (Å²) in [5.41, 5.74) is 1.50. The zero-order valence-electron chi connectivity index (χ0n) is 20.0. The van der Waals surface area contributed by atoms with Crippen LogP contribution < -0.4 is 10.1 Å². The molecule has 2 aliphatic carbocycles. The lowest BCUT2D eigenvalue weighted by molar-refractivity contribution is 0.0872. The molecule has 1 aromatic rings. The third-order valence-corrected chi connectivity index (χ3v) is 7.90. The van der Waals surface area contributed by atoms with Gasteiger partial charge in [0.25, 0.3) is 0 Å². The zero-order chi connectivity index (χ0) is 24.4. The number of rotatable bonds is 7. The number of hydrogen-bond donors (Lipinski definition) is 4. The predicted octanol–water partition coefficient (Wildman–Crippen LogP) is 4.91. The minimum atomic E-state index is -4.71. The largest absolute Gasteiger partial charge is 0.490 e. The Bertz CT molecular complexity index is 885. The van der Waals surface area contributed by atoms with Gasteiger partial charge in [0.15, 0.2) is 0 Å². The summed E-state index contributed by atoms with van der Waals surface area (Å²) in [7, 11) is -4.71. The van der Waals surface area contributed by atoms with E-state index in [0.29, 0.717) is 18.3 Å². The smallest absolute Gasteiger partial charge is 0.469 e. The van der Waals surface area contributed by atoms with Crippen molar-refractivity contribution in [2.75, 3.05) is 6.61 Å².